The summed E-state index contributed by atoms with van der Waals surface area (Å²) in [5.74, 6) is -0.329. The van der Waals surface area contributed by atoms with Crippen molar-refractivity contribution >= 4 is 35.7 Å². The lowest BCUT2D eigenvalue weighted by molar-refractivity contribution is -0.121. The Morgan fingerprint density at radius 3 is 2.50 bits per heavy atom. The van der Waals surface area contributed by atoms with Crippen molar-refractivity contribution in [1.82, 2.24) is 15.5 Å². The highest BCUT2D eigenvalue weighted by atomic mass is 35.5. The van der Waals surface area contributed by atoms with Crippen LogP contribution in [0.3, 0.4) is 0 Å². The fourth-order valence-electron chi connectivity index (χ4n) is 2.38. The maximum atomic E-state index is 12.1. The number of rotatable bonds is 9. The Labute approximate surface area is 164 Å². The molecule has 0 aliphatic rings. The van der Waals surface area contributed by atoms with Gasteiger partial charge in [-0.2, -0.15) is 0 Å². The predicted octanol–water partition coefficient (Wildman–Crippen LogP) is 2.00. The number of carbonyl (C=O) groups is 2. The van der Waals surface area contributed by atoms with E-state index in [4.69, 9.17) is 5.73 Å². The molecule has 0 saturated heterocycles. The molecule has 2 aromatic rings. The van der Waals surface area contributed by atoms with Crippen molar-refractivity contribution in [2.75, 3.05) is 26.2 Å². The van der Waals surface area contributed by atoms with E-state index in [0.717, 1.165) is 11.3 Å². The van der Waals surface area contributed by atoms with Crippen LogP contribution in [0.15, 0.2) is 47.8 Å². The van der Waals surface area contributed by atoms with E-state index in [1.54, 1.807) is 11.3 Å². The number of hydrogen-bond donors (Lipinski definition) is 3. The summed E-state index contributed by atoms with van der Waals surface area (Å²) in [4.78, 5) is 26.8. The molecule has 1 heterocycles. The molecule has 8 heteroatoms. The summed E-state index contributed by atoms with van der Waals surface area (Å²) < 4.78 is 0. The first-order valence-electron chi connectivity index (χ1n) is 8.24. The van der Waals surface area contributed by atoms with Crippen molar-refractivity contribution in [3.8, 4) is 0 Å². The number of benzene rings is 1. The number of carbonyl (C=O) groups excluding carboxylic acids is 2. The third-order valence-electron chi connectivity index (χ3n) is 3.63. The van der Waals surface area contributed by atoms with Gasteiger partial charge in [-0.05, 0) is 23.4 Å². The molecule has 3 amide bonds. The van der Waals surface area contributed by atoms with E-state index in [-0.39, 0.29) is 24.9 Å². The van der Waals surface area contributed by atoms with Crippen molar-refractivity contribution in [3.05, 3.63) is 58.3 Å². The summed E-state index contributed by atoms with van der Waals surface area (Å²) in [6.45, 7) is 2.35. The van der Waals surface area contributed by atoms with Crippen LogP contribution >= 0.6 is 23.7 Å². The molecule has 0 bridgehead atoms. The first-order valence-corrected chi connectivity index (χ1v) is 9.11. The maximum absolute atomic E-state index is 12.1. The normalized spacial score (nSPS) is 10.2. The smallest absolute Gasteiger partial charge is 0.321 e. The summed E-state index contributed by atoms with van der Waals surface area (Å²) in [7, 11) is 0. The molecule has 0 aliphatic heterocycles. The van der Waals surface area contributed by atoms with Gasteiger partial charge in [-0.1, -0.05) is 36.4 Å². The third-order valence-corrected chi connectivity index (χ3v) is 4.50. The van der Waals surface area contributed by atoms with Crippen LogP contribution in [0.2, 0.25) is 0 Å². The Hall–Kier alpha value is -1.93. The van der Waals surface area contributed by atoms with E-state index in [9.17, 15) is 9.59 Å². The van der Waals surface area contributed by atoms with Crippen molar-refractivity contribution in [3.63, 3.8) is 0 Å². The van der Waals surface area contributed by atoms with Crippen LogP contribution in [0.4, 0.5) is 4.79 Å². The molecule has 142 valence electrons. The summed E-state index contributed by atoms with van der Waals surface area (Å²) in [5, 5.41) is 6.98. The lowest BCUT2D eigenvalue weighted by Gasteiger charge is -2.20. The van der Waals surface area contributed by atoms with Crippen molar-refractivity contribution in [2.45, 2.75) is 13.0 Å². The molecule has 2 rings (SSSR count). The molecule has 1 aromatic carbocycles. The highest BCUT2D eigenvalue weighted by molar-refractivity contribution is 7.09. The second kappa shape index (κ2) is 12.4. The number of halogens is 1. The molecule has 4 N–H and O–H groups in total. The lowest BCUT2D eigenvalue weighted by atomic mass is 10.1. The molecule has 0 aliphatic carbocycles. The number of hydrogen-bond acceptors (Lipinski definition) is 5. The minimum absolute atomic E-state index is 0. The molecule has 0 saturated carbocycles. The number of imide groups is 1. The average molecular weight is 397 g/mol. The third kappa shape index (κ3) is 8.44. The zero-order valence-corrected chi connectivity index (χ0v) is 16.2. The largest absolute Gasteiger partial charge is 0.333 e. The topological polar surface area (TPSA) is 87.5 Å². The fourth-order valence-corrected chi connectivity index (χ4v) is 3.02. The van der Waals surface area contributed by atoms with Gasteiger partial charge in [0, 0.05) is 24.5 Å². The Morgan fingerprint density at radius 2 is 1.85 bits per heavy atom. The Morgan fingerprint density at radius 1 is 1.08 bits per heavy atom. The SMILES string of the molecule is Cl.NCCN(CCc1ccccc1)CC(=O)NC(=O)NCc1cccs1. The van der Waals surface area contributed by atoms with Crippen molar-refractivity contribution in [2.24, 2.45) is 5.73 Å². The van der Waals surface area contributed by atoms with E-state index in [1.807, 2.05) is 40.6 Å². The van der Waals surface area contributed by atoms with Gasteiger partial charge >= 0.3 is 6.03 Å². The second-order valence-corrected chi connectivity index (χ2v) is 6.64. The second-order valence-electron chi connectivity index (χ2n) is 5.61. The van der Waals surface area contributed by atoms with Crippen molar-refractivity contribution < 1.29 is 9.59 Å². The van der Waals surface area contributed by atoms with E-state index >= 15 is 0 Å². The van der Waals surface area contributed by atoms with Crippen LogP contribution in [0.1, 0.15) is 10.4 Å². The van der Waals surface area contributed by atoms with Crippen LogP contribution in [0, 0.1) is 0 Å². The number of nitrogens with zero attached hydrogens (tertiary/aromatic N) is 1. The van der Waals surface area contributed by atoms with E-state index < -0.39 is 6.03 Å². The summed E-state index contributed by atoms with van der Waals surface area (Å²) in [5.41, 5.74) is 6.83. The Balaban J connectivity index is 0.00000338. The lowest BCUT2D eigenvalue weighted by Crippen LogP contribution is -2.45. The van der Waals surface area contributed by atoms with E-state index in [0.29, 0.717) is 26.2 Å². The van der Waals surface area contributed by atoms with Gasteiger partial charge in [0.05, 0.1) is 13.1 Å². The average Bonchev–Trinajstić information content (AvgIpc) is 3.12. The number of amides is 3. The first kappa shape index (κ1) is 22.1. The number of nitrogens with one attached hydrogen (secondary N) is 2. The molecule has 26 heavy (non-hydrogen) atoms. The van der Waals surface area contributed by atoms with Crippen LogP contribution < -0.4 is 16.4 Å². The number of thiophene rings is 1. The zero-order chi connectivity index (χ0) is 17.9. The predicted molar refractivity (Wildman–Crippen MR) is 108 cm³/mol. The van der Waals surface area contributed by atoms with Crippen LogP contribution in [-0.4, -0.2) is 43.0 Å². The molecule has 0 spiro atoms. The van der Waals surface area contributed by atoms with Gasteiger partial charge in [0.15, 0.2) is 0 Å². The first-order chi connectivity index (χ1) is 12.2. The van der Waals surface area contributed by atoms with Gasteiger partial charge in [-0.3, -0.25) is 15.0 Å². The Bertz CT molecular complexity index is 652. The van der Waals surface area contributed by atoms with Gasteiger partial charge in [0.25, 0.3) is 0 Å². The van der Waals surface area contributed by atoms with Gasteiger partial charge in [0.2, 0.25) is 5.91 Å². The monoisotopic (exact) mass is 396 g/mol. The Kier molecular flexibility index (Phi) is 10.6. The van der Waals surface area contributed by atoms with Crippen LogP contribution in [-0.2, 0) is 17.8 Å². The van der Waals surface area contributed by atoms with Crippen molar-refractivity contribution in [1.29, 1.82) is 0 Å². The molecular formula is C18H25ClN4O2S. The zero-order valence-electron chi connectivity index (χ0n) is 14.5. The summed E-state index contributed by atoms with van der Waals surface area (Å²) in [6.07, 6.45) is 0.832. The minimum atomic E-state index is -0.478. The van der Waals surface area contributed by atoms with Crippen LogP contribution in [0.25, 0.3) is 0 Å². The molecule has 1 aromatic heterocycles. The van der Waals surface area contributed by atoms with E-state index in [1.165, 1.54) is 5.56 Å². The molecule has 0 unspecified atom stereocenters. The van der Waals surface area contributed by atoms with Gasteiger partial charge < -0.3 is 11.1 Å². The summed E-state index contributed by atoms with van der Waals surface area (Å²) in [6, 6.07) is 13.4. The fraction of sp³-hybridized carbons (Fsp3) is 0.333. The molecule has 0 fully saturated rings. The molecular weight excluding hydrogens is 372 g/mol. The minimum Gasteiger partial charge on any atom is -0.333 e. The van der Waals surface area contributed by atoms with Crippen LogP contribution in [0.5, 0.6) is 0 Å². The molecule has 6 nitrogen and oxygen atoms in total. The number of nitrogens with two attached hydrogens (primary N) is 1. The molecule has 0 radical (unpaired) electrons. The highest BCUT2D eigenvalue weighted by Gasteiger charge is 2.13. The molecule has 0 atom stereocenters. The van der Waals surface area contributed by atoms with E-state index in [2.05, 4.69) is 22.8 Å². The highest BCUT2D eigenvalue weighted by Crippen LogP contribution is 2.07. The quantitative estimate of drug-likeness (QED) is 0.605. The summed E-state index contributed by atoms with van der Waals surface area (Å²) >= 11 is 1.56. The van der Waals surface area contributed by atoms with Gasteiger partial charge in [0.1, 0.15) is 0 Å². The maximum Gasteiger partial charge on any atom is 0.321 e. The van der Waals surface area contributed by atoms with Gasteiger partial charge in [-0.15, -0.1) is 23.7 Å². The van der Waals surface area contributed by atoms with Gasteiger partial charge in [-0.25, -0.2) is 4.79 Å². The standard InChI is InChI=1S/C18H24N4O2S.ClH/c19-9-11-22(10-8-15-5-2-1-3-6-15)14-17(23)21-18(24)20-13-16-7-4-12-25-16;/h1-7,12H,8-11,13-14,19H2,(H2,20,21,23,24);1H. The number of urea groups is 1.